The van der Waals surface area contributed by atoms with E-state index in [4.69, 9.17) is 5.73 Å². The van der Waals surface area contributed by atoms with E-state index in [1.807, 2.05) is 30.3 Å². The maximum absolute atomic E-state index is 14.2. The van der Waals surface area contributed by atoms with Crippen molar-refractivity contribution in [3.63, 3.8) is 0 Å². The number of pyridine rings is 1. The van der Waals surface area contributed by atoms with Gasteiger partial charge in [-0.2, -0.15) is 0 Å². The normalized spacial score (nSPS) is 17.4. The van der Waals surface area contributed by atoms with E-state index in [1.54, 1.807) is 12.1 Å². The Labute approximate surface area is 229 Å². The van der Waals surface area contributed by atoms with Gasteiger partial charge in [0.25, 0.3) is 5.91 Å². The summed E-state index contributed by atoms with van der Waals surface area (Å²) in [4.78, 5) is 29.8. The number of nitrogens with zero attached hydrogens (tertiary/aromatic N) is 1. The van der Waals surface area contributed by atoms with Gasteiger partial charge < -0.3 is 16.4 Å². The summed E-state index contributed by atoms with van der Waals surface area (Å²) in [5.74, 6) is -3.30. The van der Waals surface area contributed by atoms with Crippen LogP contribution in [0.5, 0.6) is 0 Å². The molecule has 3 atom stereocenters. The van der Waals surface area contributed by atoms with Crippen LogP contribution in [-0.2, 0) is 11.2 Å². The molecule has 3 unspecified atom stereocenters. The Morgan fingerprint density at radius 3 is 2.45 bits per heavy atom. The SMILES string of the molecule is NC(=O)c1cc(-c2cccnc2C(Cc2cc(F)cc(F)c2)NC(=O)C2CC(c3ccccc3)CN2)ccc1F. The minimum absolute atomic E-state index is 0.0309. The predicted octanol–water partition coefficient (Wildman–Crippen LogP) is 4.81. The van der Waals surface area contributed by atoms with Gasteiger partial charge in [-0.25, -0.2) is 13.2 Å². The number of hydrogen-bond acceptors (Lipinski definition) is 4. The fourth-order valence-corrected chi connectivity index (χ4v) is 5.19. The van der Waals surface area contributed by atoms with E-state index in [9.17, 15) is 22.8 Å². The van der Waals surface area contributed by atoms with Crippen molar-refractivity contribution in [2.24, 2.45) is 5.73 Å². The lowest BCUT2D eigenvalue weighted by molar-refractivity contribution is -0.123. The first-order valence-electron chi connectivity index (χ1n) is 12.9. The van der Waals surface area contributed by atoms with Crippen LogP contribution in [0.2, 0.25) is 0 Å². The maximum atomic E-state index is 14.2. The van der Waals surface area contributed by atoms with Crippen LogP contribution in [0, 0.1) is 17.5 Å². The molecule has 6 nitrogen and oxygen atoms in total. The second-order valence-corrected chi connectivity index (χ2v) is 9.84. The number of carbonyl (C=O) groups is 2. The van der Waals surface area contributed by atoms with Crippen molar-refractivity contribution in [1.29, 1.82) is 0 Å². The van der Waals surface area contributed by atoms with E-state index in [0.29, 0.717) is 35.3 Å². The van der Waals surface area contributed by atoms with Gasteiger partial charge in [-0.1, -0.05) is 42.5 Å². The van der Waals surface area contributed by atoms with Gasteiger partial charge in [0.05, 0.1) is 23.3 Å². The smallest absolute Gasteiger partial charge is 0.251 e. The van der Waals surface area contributed by atoms with Gasteiger partial charge in [-0.05, 0) is 65.8 Å². The minimum Gasteiger partial charge on any atom is -0.366 e. The highest BCUT2D eigenvalue weighted by molar-refractivity contribution is 5.94. The van der Waals surface area contributed by atoms with Crippen LogP contribution in [0.3, 0.4) is 0 Å². The molecule has 1 aromatic heterocycles. The molecule has 40 heavy (non-hydrogen) atoms. The standard InChI is InChI=1S/C31H27F3N4O2/c32-22-11-18(12-23(33)16-22)13-27(38-31(40)28-15-21(17-37-28)19-5-2-1-3-6-19)29-24(7-4-10-36-29)20-8-9-26(34)25(14-20)30(35)39/h1-12,14,16,21,27-28,37H,13,15,17H2,(H2,35,39)(H,38,40). The van der Waals surface area contributed by atoms with Crippen LogP contribution >= 0.6 is 0 Å². The molecule has 1 aliphatic rings. The molecule has 0 aliphatic carbocycles. The van der Waals surface area contributed by atoms with Gasteiger partial charge in [0.15, 0.2) is 0 Å². The van der Waals surface area contributed by atoms with Crippen molar-refractivity contribution in [3.05, 3.63) is 125 Å². The Hall–Kier alpha value is -4.50. The van der Waals surface area contributed by atoms with Gasteiger partial charge in [-0.3, -0.25) is 14.6 Å². The van der Waals surface area contributed by atoms with E-state index in [-0.39, 0.29) is 23.8 Å². The number of carbonyl (C=O) groups excluding carboxylic acids is 2. The van der Waals surface area contributed by atoms with Crippen LogP contribution in [0.4, 0.5) is 13.2 Å². The topological polar surface area (TPSA) is 97.1 Å². The van der Waals surface area contributed by atoms with Gasteiger partial charge in [0.2, 0.25) is 5.91 Å². The summed E-state index contributed by atoms with van der Waals surface area (Å²) >= 11 is 0. The van der Waals surface area contributed by atoms with Crippen molar-refractivity contribution < 1.29 is 22.8 Å². The van der Waals surface area contributed by atoms with Gasteiger partial charge >= 0.3 is 0 Å². The van der Waals surface area contributed by atoms with Crippen molar-refractivity contribution >= 4 is 11.8 Å². The molecule has 2 amide bonds. The average Bonchev–Trinajstić information content (AvgIpc) is 3.44. The molecule has 4 N–H and O–H groups in total. The van der Waals surface area contributed by atoms with Crippen LogP contribution in [0.25, 0.3) is 11.1 Å². The highest BCUT2D eigenvalue weighted by Gasteiger charge is 2.32. The van der Waals surface area contributed by atoms with Crippen molar-refractivity contribution in [1.82, 2.24) is 15.6 Å². The molecular weight excluding hydrogens is 517 g/mol. The second kappa shape index (κ2) is 11.7. The van der Waals surface area contributed by atoms with E-state index >= 15 is 0 Å². The summed E-state index contributed by atoms with van der Waals surface area (Å²) in [7, 11) is 0. The maximum Gasteiger partial charge on any atom is 0.251 e. The molecule has 0 radical (unpaired) electrons. The largest absolute Gasteiger partial charge is 0.366 e. The Bertz CT molecular complexity index is 1530. The molecule has 1 aliphatic heterocycles. The molecule has 5 rings (SSSR count). The molecule has 3 aromatic carbocycles. The highest BCUT2D eigenvalue weighted by atomic mass is 19.1. The lowest BCUT2D eigenvalue weighted by Crippen LogP contribution is -2.43. The Morgan fingerprint density at radius 1 is 0.975 bits per heavy atom. The number of nitrogens with one attached hydrogen (secondary N) is 2. The summed E-state index contributed by atoms with van der Waals surface area (Å²) in [6.07, 6.45) is 2.14. The fraction of sp³-hybridized carbons (Fsp3) is 0.194. The summed E-state index contributed by atoms with van der Waals surface area (Å²) < 4.78 is 42.3. The fourth-order valence-electron chi connectivity index (χ4n) is 5.19. The van der Waals surface area contributed by atoms with Crippen LogP contribution in [0.1, 0.15) is 45.6 Å². The Morgan fingerprint density at radius 2 is 1.73 bits per heavy atom. The molecule has 204 valence electrons. The summed E-state index contributed by atoms with van der Waals surface area (Å²) in [5, 5.41) is 6.29. The highest BCUT2D eigenvalue weighted by Crippen LogP contribution is 2.31. The molecule has 0 spiro atoms. The number of primary amides is 1. The Balaban J connectivity index is 1.48. The number of halogens is 3. The number of nitrogens with two attached hydrogens (primary N) is 1. The summed E-state index contributed by atoms with van der Waals surface area (Å²) in [5.41, 5.74) is 7.85. The zero-order valence-electron chi connectivity index (χ0n) is 21.4. The summed E-state index contributed by atoms with van der Waals surface area (Å²) in [6, 6.07) is 19.1. The number of hydrogen-bond donors (Lipinski definition) is 3. The number of amides is 2. The molecule has 0 bridgehead atoms. The lowest BCUT2D eigenvalue weighted by Gasteiger charge is -2.23. The monoisotopic (exact) mass is 544 g/mol. The Kier molecular flexibility index (Phi) is 7.93. The third-order valence-electron chi connectivity index (χ3n) is 7.11. The molecule has 2 heterocycles. The van der Waals surface area contributed by atoms with E-state index in [1.165, 1.54) is 30.5 Å². The molecular formula is C31H27F3N4O2. The second-order valence-electron chi connectivity index (χ2n) is 9.84. The van der Waals surface area contributed by atoms with E-state index in [2.05, 4.69) is 15.6 Å². The van der Waals surface area contributed by atoms with Crippen molar-refractivity contribution in [3.8, 4) is 11.1 Å². The summed E-state index contributed by atoms with van der Waals surface area (Å²) in [6.45, 7) is 0.627. The zero-order chi connectivity index (χ0) is 28.2. The number of benzene rings is 3. The number of rotatable bonds is 8. The van der Waals surface area contributed by atoms with E-state index < -0.39 is 35.4 Å². The van der Waals surface area contributed by atoms with Gasteiger partial charge in [0, 0.05) is 24.4 Å². The number of aromatic nitrogens is 1. The predicted molar refractivity (Wildman–Crippen MR) is 145 cm³/mol. The van der Waals surface area contributed by atoms with E-state index in [0.717, 1.165) is 17.7 Å². The molecule has 4 aromatic rings. The third-order valence-corrected chi connectivity index (χ3v) is 7.11. The quantitative estimate of drug-likeness (QED) is 0.297. The van der Waals surface area contributed by atoms with Crippen LogP contribution in [0.15, 0.2) is 85.1 Å². The minimum atomic E-state index is -0.926. The van der Waals surface area contributed by atoms with Crippen LogP contribution in [-0.4, -0.2) is 29.4 Å². The molecule has 9 heteroatoms. The first-order chi connectivity index (χ1) is 19.3. The van der Waals surface area contributed by atoms with Gasteiger partial charge in [0.1, 0.15) is 17.5 Å². The van der Waals surface area contributed by atoms with Crippen LogP contribution < -0.4 is 16.4 Å². The molecule has 1 fully saturated rings. The first-order valence-corrected chi connectivity index (χ1v) is 12.9. The lowest BCUT2D eigenvalue weighted by atomic mass is 9.93. The average molecular weight is 545 g/mol. The van der Waals surface area contributed by atoms with Crippen molar-refractivity contribution in [2.45, 2.75) is 30.8 Å². The molecule has 1 saturated heterocycles. The zero-order valence-corrected chi connectivity index (χ0v) is 21.4. The van der Waals surface area contributed by atoms with Crippen molar-refractivity contribution in [2.75, 3.05) is 6.54 Å². The van der Waals surface area contributed by atoms with Gasteiger partial charge in [-0.15, -0.1) is 0 Å². The third kappa shape index (κ3) is 6.05. The first kappa shape index (κ1) is 27.1. The molecule has 0 saturated carbocycles.